The second-order valence-corrected chi connectivity index (χ2v) is 16.5. The second kappa shape index (κ2) is 16.7. The van der Waals surface area contributed by atoms with Gasteiger partial charge >= 0.3 is 47.8 Å². The number of carbonyl (C=O) groups excluding carboxylic acids is 8. The summed E-state index contributed by atoms with van der Waals surface area (Å²) in [4.78, 5) is 113. The van der Waals surface area contributed by atoms with Gasteiger partial charge in [0.1, 0.15) is 42.0 Å². The molecule has 2 aliphatic heterocycles. The number of rotatable bonds is 8. The number of cyclic esters (lactones) is 1. The summed E-state index contributed by atoms with van der Waals surface area (Å²) in [5.41, 5.74) is -10.2. The van der Waals surface area contributed by atoms with Crippen LogP contribution in [0.2, 0.25) is 0 Å². The molecule has 1 spiro atoms. The highest BCUT2D eigenvalue weighted by molar-refractivity contribution is 5.91. The standard InChI is InChI=1S/C43H49NO18/c1-20-21(2)37(50)61-34-32(57-24(5)47)36(59-26(7)49)42(19-54-22(3)45)35(58-25(6)48)31(56-23(4)46)30-33(60-38(51)27-13-11-10-12-14-27)43(42,41(34,9)53)62-40(30,8)18-55-39(52)29-17-44-16-15-28(20)29/h10-17,20-21,30-36,53H,18-19H2,1-9H3. The SMILES string of the molecule is CC(=O)OCC12C(OC(C)=O)C(OC(C)=O)C3C(OC(=O)c4ccccc4)C14OC3(C)COC(=O)c1cnccc1C(C)C(C)C(=O)OC(C(OC(C)=O)C2OC(C)=O)C4(C)O. The molecule has 19 nitrogen and oxygen atoms in total. The van der Waals surface area contributed by atoms with Crippen LogP contribution >= 0.6 is 0 Å². The number of ether oxygens (including phenoxy) is 9. The summed E-state index contributed by atoms with van der Waals surface area (Å²) in [6.45, 7) is 8.71. The van der Waals surface area contributed by atoms with Gasteiger partial charge in [0.05, 0.1) is 23.0 Å². The number of aromatic nitrogens is 1. The monoisotopic (exact) mass is 867 g/mol. The van der Waals surface area contributed by atoms with E-state index in [1.165, 1.54) is 56.6 Å². The molecule has 0 radical (unpaired) electrons. The van der Waals surface area contributed by atoms with E-state index in [0.717, 1.165) is 41.5 Å². The van der Waals surface area contributed by atoms with Gasteiger partial charge in [-0.05, 0) is 43.5 Å². The molecule has 6 rings (SSSR count). The molecule has 1 aromatic carbocycles. The smallest absolute Gasteiger partial charge is 0.340 e. The Labute approximate surface area is 355 Å². The lowest BCUT2D eigenvalue weighted by molar-refractivity contribution is -0.386. The zero-order valence-electron chi connectivity index (χ0n) is 35.6. The second-order valence-electron chi connectivity index (χ2n) is 16.5. The quantitative estimate of drug-likeness (QED) is 0.295. The molecular formula is C43H49NO18. The first kappa shape index (κ1) is 45.6. The fourth-order valence-electron chi connectivity index (χ4n) is 9.88. The van der Waals surface area contributed by atoms with Crippen molar-refractivity contribution in [2.45, 2.75) is 122 Å². The van der Waals surface area contributed by atoms with Crippen LogP contribution in [-0.2, 0) is 71.4 Å². The van der Waals surface area contributed by atoms with Crippen LogP contribution in [0.5, 0.6) is 0 Å². The van der Waals surface area contributed by atoms with Crippen LogP contribution in [0.1, 0.15) is 94.5 Å². The van der Waals surface area contributed by atoms with Crippen molar-refractivity contribution in [3.05, 3.63) is 65.5 Å². The molecule has 3 heterocycles. The maximum atomic E-state index is 14.5. The molecule has 2 aliphatic carbocycles. The summed E-state index contributed by atoms with van der Waals surface area (Å²) in [7, 11) is 0. The van der Waals surface area contributed by atoms with Gasteiger partial charge in [-0.2, -0.15) is 0 Å². The number of nitrogens with zero attached hydrogens (tertiary/aromatic N) is 1. The third kappa shape index (κ3) is 7.43. The fourth-order valence-corrected chi connectivity index (χ4v) is 9.88. The van der Waals surface area contributed by atoms with E-state index in [1.54, 1.807) is 13.0 Å². The Morgan fingerprint density at radius 2 is 1.34 bits per heavy atom. The van der Waals surface area contributed by atoms with Crippen LogP contribution < -0.4 is 0 Å². The molecule has 2 saturated carbocycles. The molecule has 1 aromatic heterocycles. The maximum Gasteiger partial charge on any atom is 0.340 e. The first-order valence-electron chi connectivity index (χ1n) is 19.9. The van der Waals surface area contributed by atoms with Gasteiger partial charge in [-0.25, -0.2) is 9.59 Å². The van der Waals surface area contributed by atoms with Crippen LogP contribution in [0, 0.1) is 17.3 Å². The van der Waals surface area contributed by atoms with E-state index in [4.69, 9.17) is 42.6 Å². The Kier molecular flexibility index (Phi) is 12.3. The Hall–Kier alpha value is -5.95. The van der Waals surface area contributed by atoms with Crippen LogP contribution in [0.4, 0.5) is 0 Å². The average Bonchev–Trinajstić information content (AvgIpc) is 3.42. The largest absolute Gasteiger partial charge is 0.465 e. The number of hydrogen-bond donors (Lipinski definition) is 1. The minimum Gasteiger partial charge on any atom is -0.465 e. The Morgan fingerprint density at radius 1 is 0.758 bits per heavy atom. The van der Waals surface area contributed by atoms with E-state index >= 15 is 0 Å². The van der Waals surface area contributed by atoms with Crippen molar-refractivity contribution in [3.63, 3.8) is 0 Å². The number of pyridine rings is 1. The molecule has 62 heavy (non-hydrogen) atoms. The third-order valence-corrected chi connectivity index (χ3v) is 12.5. The van der Waals surface area contributed by atoms with Crippen molar-refractivity contribution < 1.29 is 86.1 Å². The van der Waals surface area contributed by atoms with Gasteiger partial charge in [-0.3, -0.25) is 33.8 Å². The van der Waals surface area contributed by atoms with Crippen LogP contribution in [-0.4, -0.2) is 124 Å². The van der Waals surface area contributed by atoms with Crippen molar-refractivity contribution in [3.8, 4) is 0 Å². The Bertz CT molecular complexity index is 2160. The molecule has 2 aromatic rings. The van der Waals surface area contributed by atoms with Gasteiger partial charge in [0.25, 0.3) is 0 Å². The zero-order chi connectivity index (χ0) is 45.7. The van der Waals surface area contributed by atoms with E-state index < -0.39 is 138 Å². The fraction of sp³-hybridized carbons (Fsp3) is 0.558. The predicted molar refractivity (Wildman–Crippen MR) is 205 cm³/mol. The predicted octanol–water partition coefficient (Wildman–Crippen LogP) is 2.33. The normalized spacial score (nSPS) is 36.0. The highest BCUT2D eigenvalue weighted by Crippen LogP contribution is 2.70. The number of carbonyl (C=O) groups is 8. The molecule has 19 heteroatoms. The Balaban J connectivity index is 1.81. The lowest BCUT2D eigenvalue weighted by Gasteiger charge is -2.67. The molecule has 4 aliphatic rings. The van der Waals surface area contributed by atoms with Gasteiger partial charge < -0.3 is 47.7 Å². The molecular weight excluding hydrogens is 818 g/mol. The number of benzene rings is 1. The van der Waals surface area contributed by atoms with Crippen molar-refractivity contribution in [2.24, 2.45) is 17.3 Å². The van der Waals surface area contributed by atoms with Crippen LogP contribution in [0.15, 0.2) is 48.8 Å². The van der Waals surface area contributed by atoms with E-state index in [0.29, 0.717) is 5.56 Å². The van der Waals surface area contributed by atoms with Crippen LogP contribution in [0.25, 0.3) is 0 Å². The Morgan fingerprint density at radius 3 is 1.92 bits per heavy atom. The summed E-state index contributed by atoms with van der Waals surface area (Å²) >= 11 is 0. The summed E-state index contributed by atoms with van der Waals surface area (Å²) in [6.07, 6.45) is -9.55. The average molecular weight is 868 g/mol. The number of hydrogen-bond acceptors (Lipinski definition) is 19. The zero-order valence-corrected chi connectivity index (χ0v) is 35.6. The van der Waals surface area contributed by atoms with Crippen molar-refractivity contribution in [1.29, 1.82) is 0 Å². The van der Waals surface area contributed by atoms with Gasteiger partial charge in [-0.15, -0.1) is 0 Å². The number of fused-ring (bicyclic) bond motifs is 5. The van der Waals surface area contributed by atoms with E-state index in [-0.39, 0.29) is 11.1 Å². The highest BCUT2D eigenvalue weighted by atomic mass is 16.7. The van der Waals surface area contributed by atoms with Gasteiger partial charge in [-0.1, -0.05) is 32.0 Å². The summed E-state index contributed by atoms with van der Waals surface area (Å²) in [6, 6.07) is 9.04. The summed E-state index contributed by atoms with van der Waals surface area (Å²) in [5.74, 6) is -11.7. The van der Waals surface area contributed by atoms with E-state index in [2.05, 4.69) is 4.98 Å². The van der Waals surface area contributed by atoms with Crippen molar-refractivity contribution in [1.82, 2.24) is 4.98 Å². The lowest BCUT2D eigenvalue weighted by atomic mass is 9.45. The summed E-state index contributed by atoms with van der Waals surface area (Å²) in [5, 5.41) is 13.7. The van der Waals surface area contributed by atoms with Crippen molar-refractivity contribution in [2.75, 3.05) is 13.2 Å². The van der Waals surface area contributed by atoms with Crippen LogP contribution in [0.3, 0.4) is 0 Å². The van der Waals surface area contributed by atoms with Gasteiger partial charge in [0.2, 0.25) is 0 Å². The minimum absolute atomic E-state index is 0.0290. The molecule has 1 saturated heterocycles. The first-order chi connectivity index (χ1) is 29.0. The molecule has 1 N–H and O–H groups in total. The van der Waals surface area contributed by atoms with Gasteiger partial charge in [0.15, 0.2) is 30.0 Å². The van der Waals surface area contributed by atoms with E-state index in [1.807, 2.05) is 0 Å². The maximum absolute atomic E-state index is 14.5. The lowest BCUT2D eigenvalue weighted by Crippen LogP contribution is -2.89. The molecule has 3 fully saturated rings. The third-order valence-electron chi connectivity index (χ3n) is 12.5. The molecule has 0 amide bonds. The topological polar surface area (TPSA) is 253 Å². The molecule has 13 atom stereocenters. The highest BCUT2D eigenvalue weighted by Gasteiger charge is 2.92. The first-order valence-corrected chi connectivity index (χ1v) is 19.9. The molecule has 4 bridgehead atoms. The molecule has 13 unspecified atom stereocenters. The summed E-state index contributed by atoms with van der Waals surface area (Å²) < 4.78 is 55.4. The number of aliphatic hydroxyl groups is 1. The minimum atomic E-state index is -2.87. The number of esters is 8. The van der Waals surface area contributed by atoms with E-state index in [9.17, 15) is 43.5 Å². The van der Waals surface area contributed by atoms with Crippen molar-refractivity contribution >= 4 is 47.8 Å². The molecule has 334 valence electrons. The van der Waals surface area contributed by atoms with Gasteiger partial charge in [0, 0.05) is 47.0 Å².